The van der Waals surface area contributed by atoms with Gasteiger partial charge < -0.3 is 10.1 Å². The van der Waals surface area contributed by atoms with Crippen molar-refractivity contribution in [3.05, 3.63) is 50.5 Å². The molecule has 1 fully saturated rings. The SMILES string of the molecule is CCCOC(=O)/C(=C/NC1CC1)C(=O)c1c(F)c(C)c(F)c(F)c1[N+](=O)[O-]. The van der Waals surface area contributed by atoms with Gasteiger partial charge in [-0.2, -0.15) is 4.39 Å². The number of rotatable bonds is 8. The maximum atomic E-state index is 14.5. The Morgan fingerprint density at radius 3 is 2.41 bits per heavy atom. The van der Waals surface area contributed by atoms with Gasteiger partial charge in [-0.05, 0) is 26.2 Å². The molecule has 0 unspecified atom stereocenters. The van der Waals surface area contributed by atoms with Crippen molar-refractivity contribution in [1.29, 1.82) is 0 Å². The molecule has 10 heteroatoms. The molecule has 1 aromatic carbocycles. The maximum Gasteiger partial charge on any atom is 0.343 e. The highest BCUT2D eigenvalue weighted by atomic mass is 19.2. The summed E-state index contributed by atoms with van der Waals surface area (Å²) < 4.78 is 47.0. The quantitative estimate of drug-likeness (QED) is 0.108. The van der Waals surface area contributed by atoms with Gasteiger partial charge in [-0.3, -0.25) is 14.9 Å². The van der Waals surface area contributed by atoms with Crippen LogP contribution in [0.5, 0.6) is 0 Å². The first-order valence-corrected chi connectivity index (χ1v) is 8.20. The first-order chi connectivity index (χ1) is 12.7. The van der Waals surface area contributed by atoms with Crippen LogP contribution in [0.4, 0.5) is 18.9 Å². The van der Waals surface area contributed by atoms with Crippen LogP contribution in [0.2, 0.25) is 0 Å². The lowest BCUT2D eigenvalue weighted by Crippen LogP contribution is -2.23. The van der Waals surface area contributed by atoms with E-state index in [1.807, 2.05) is 0 Å². The minimum absolute atomic E-state index is 0.00158. The lowest BCUT2D eigenvalue weighted by atomic mass is 9.98. The van der Waals surface area contributed by atoms with E-state index in [2.05, 4.69) is 5.32 Å². The standard InChI is InChI=1S/C17H17F3N2O5/c1-3-6-27-17(24)10(7-21-9-4-5-9)16(23)11-12(18)8(2)13(19)14(20)15(11)22(25)26/h7,9,21H,3-6H2,1-2H3/b10-7+. The van der Waals surface area contributed by atoms with E-state index in [0.717, 1.165) is 26.0 Å². The van der Waals surface area contributed by atoms with E-state index in [4.69, 9.17) is 4.74 Å². The van der Waals surface area contributed by atoms with Crippen LogP contribution in [0.15, 0.2) is 11.8 Å². The molecular weight excluding hydrogens is 369 g/mol. The number of nitrogens with one attached hydrogen (secondary N) is 1. The fraction of sp³-hybridized carbons (Fsp3) is 0.412. The molecule has 2 rings (SSSR count). The van der Waals surface area contributed by atoms with Gasteiger partial charge in [0, 0.05) is 17.8 Å². The van der Waals surface area contributed by atoms with Crippen LogP contribution in [0.25, 0.3) is 0 Å². The van der Waals surface area contributed by atoms with Crippen molar-refractivity contribution >= 4 is 17.4 Å². The summed E-state index contributed by atoms with van der Waals surface area (Å²) >= 11 is 0. The number of hydrogen-bond donors (Lipinski definition) is 1. The summed E-state index contributed by atoms with van der Waals surface area (Å²) in [5.74, 6) is -7.96. The van der Waals surface area contributed by atoms with Gasteiger partial charge in [-0.15, -0.1) is 0 Å². The van der Waals surface area contributed by atoms with Crippen LogP contribution in [0.1, 0.15) is 42.1 Å². The maximum absolute atomic E-state index is 14.5. The largest absolute Gasteiger partial charge is 0.462 e. The third kappa shape index (κ3) is 4.26. The zero-order valence-electron chi connectivity index (χ0n) is 14.6. The number of nitrogens with zero attached hydrogens (tertiary/aromatic N) is 1. The first-order valence-electron chi connectivity index (χ1n) is 8.20. The van der Waals surface area contributed by atoms with Crippen molar-refractivity contribution in [3.8, 4) is 0 Å². The molecule has 0 heterocycles. The molecular formula is C17H17F3N2O5. The number of carbonyl (C=O) groups is 2. The zero-order valence-corrected chi connectivity index (χ0v) is 14.6. The second-order valence-corrected chi connectivity index (χ2v) is 6.01. The summed E-state index contributed by atoms with van der Waals surface area (Å²) in [6, 6.07) is -0.00158. The summed E-state index contributed by atoms with van der Waals surface area (Å²) in [5, 5.41) is 13.9. The Morgan fingerprint density at radius 1 is 1.26 bits per heavy atom. The van der Waals surface area contributed by atoms with Crippen LogP contribution < -0.4 is 5.32 Å². The van der Waals surface area contributed by atoms with E-state index in [9.17, 15) is 32.9 Å². The molecule has 146 valence electrons. The Bertz CT molecular complexity index is 835. The van der Waals surface area contributed by atoms with Crippen molar-refractivity contribution in [1.82, 2.24) is 5.32 Å². The van der Waals surface area contributed by atoms with Gasteiger partial charge >= 0.3 is 11.7 Å². The molecule has 0 atom stereocenters. The predicted octanol–water partition coefficient (Wildman–Crippen LogP) is 3.09. The number of nitro benzene ring substituents is 1. The molecule has 0 spiro atoms. The average molecular weight is 386 g/mol. The molecule has 1 N–H and O–H groups in total. The highest BCUT2D eigenvalue weighted by Crippen LogP contribution is 2.32. The number of benzene rings is 1. The van der Waals surface area contributed by atoms with Gasteiger partial charge in [0.05, 0.1) is 11.5 Å². The van der Waals surface area contributed by atoms with Crippen molar-refractivity contribution in [3.63, 3.8) is 0 Å². The Labute approximate surface area is 152 Å². The van der Waals surface area contributed by atoms with Gasteiger partial charge in [-0.1, -0.05) is 6.92 Å². The second-order valence-electron chi connectivity index (χ2n) is 6.01. The van der Waals surface area contributed by atoms with E-state index < -0.39 is 56.5 Å². The molecule has 1 saturated carbocycles. The molecule has 0 radical (unpaired) electrons. The number of carbonyl (C=O) groups excluding carboxylic acids is 2. The minimum atomic E-state index is -1.97. The Balaban J connectivity index is 2.58. The van der Waals surface area contributed by atoms with Crippen LogP contribution in [0.3, 0.4) is 0 Å². The molecule has 1 aliphatic carbocycles. The molecule has 27 heavy (non-hydrogen) atoms. The summed E-state index contributed by atoms with van der Waals surface area (Å²) in [4.78, 5) is 34.6. The third-order valence-corrected chi connectivity index (χ3v) is 3.87. The Kier molecular flexibility index (Phi) is 6.19. The van der Waals surface area contributed by atoms with Crippen LogP contribution >= 0.6 is 0 Å². The van der Waals surface area contributed by atoms with Crippen molar-refractivity contribution in [2.45, 2.75) is 39.2 Å². The number of esters is 1. The summed E-state index contributed by atoms with van der Waals surface area (Å²) in [7, 11) is 0. The van der Waals surface area contributed by atoms with E-state index >= 15 is 0 Å². The monoisotopic (exact) mass is 386 g/mol. The van der Waals surface area contributed by atoms with Gasteiger partial charge in [0.25, 0.3) is 0 Å². The molecule has 1 aromatic rings. The molecule has 0 bridgehead atoms. The summed E-state index contributed by atoms with van der Waals surface area (Å²) in [6.07, 6.45) is 2.96. The van der Waals surface area contributed by atoms with E-state index in [-0.39, 0.29) is 12.6 Å². The second kappa shape index (κ2) is 8.19. The van der Waals surface area contributed by atoms with E-state index in [0.29, 0.717) is 6.42 Å². The average Bonchev–Trinajstić information content (AvgIpc) is 3.44. The molecule has 0 saturated heterocycles. The van der Waals surface area contributed by atoms with Gasteiger partial charge in [0.15, 0.2) is 5.82 Å². The Morgan fingerprint density at radius 2 is 1.89 bits per heavy atom. The Hall–Kier alpha value is -2.91. The van der Waals surface area contributed by atoms with Crippen LogP contribution in [-0.4, -0.2) is 29.3 Å². The molecule has 0 aliphatic heterocycles. The van der Waals surface area contributed by atoms with E-state index in [1.54, 1.807) is 6.92 Å². The zero-order chi connectivity index (χ0) is 20.3. The van der Waals surface area contributed by atoms with Gasteiger partial charge in [-0.25, -0.2) is 13.6 Å². The number of Topliss-reactive ketones (excluding diaryl/α,β-unsaturated/α-hetero) is 1. The van der Waals surface area contributed by atoms with Gasteiger partial charge in [0.2, 0.25) is 11.6 Å². The molecule has 1 aliphatic rings. The number of hydrogen-bond acceptors (Lipinski definition) is 6. The first kappa shape index (κ1) is 20.4. The number of halogens is 3. The summed E-state index contributed by atoms with van der Waals surface area (Å²) in [5.41, 5.74) is -4.63. The number of nitro groups is 1. The predicted molar refractivity (Wildman–Crippen MR) is 87.5 cm³/mol. The van der Waals surface area contributed by atoms with Crippen molar-refractivity contribution < 1.29 is 32.4 Å². The van der Waals surface area contributed by atoms with E-state index in [1.165, 1.54) is 0 Å². The van der Waals surface area contributed by atoms with Crippen molar-refractivity contribution in [2.24, 2.45) is 0 Å². The molecule has 7 nitrogen and oxygen atoms in total. The molecule has 0 amide bonds. The van der Waals surface area contributed by atoms with Crippen LogP contribution in [0, 0.1) is 34.5 Å². The topological polar surface area (TPSA) is 98.5 Å². The highest BCUT2D eigenvalue weighted by molar-refractivity contribution is 6.25. The smallest absolute Gasteiger partial charge is 0.343 e. The lowest BCUT2D eigenvalue weighted by molar-refractivity contribution is -0.388. The normalized spacial score (nSPS) is 14.0. The third-order valence-electron chi connectivity index (χ3n) is 3.87. The fourth-order valence-electron chi connectivity index (χ4n) is 2.22. The van der Waals surface area contributed by atoms with Gasteiger partial charge in [0.1, 0.15) is 17.0 Å². The van der Waals surface area contributed by atoms with Crippen LogP contribution in [-0.2, 0) is 9.53 Å². The fourth-order valence-corrected chi connectivity index (χ4v) is 2.22. The molecule has 0 aromatic heterocycles. The number of ketones is 1. The number of ether oxygens (including phenoxy) is 1. The highest BCUT2D eigenvalue weighted by Gasteiger charge is 2.38. The minimum Gasteiger partial charge on any atom is -0.462 e. The lowest BCUT2D eigenvalue weighted by Gasteiger charge is -2.11. The van der Waals surface area contributed by atoms with Crippen molar-refractivity contribution in [2.75, 3.05) is 6.61 Å². The summed E-state index contributed by atoms with van der Waals surface area (Å²) in [6.45, 7) is 2.48.